The smallest absolute Gasteiger partial charge is 0.399 e. The van der Waals surface area contributed by atoms with Crippen LogP contribution in [0.2, 0.25) is 0 Å². The molecule has 2 aromatic rings. The minimum atomic E-state index is -4.66. The van der Waals surface area contributed by atoms with Gasteiger partial charge in [-0.25, -0.2) is 0 Å². The van der Waals surface area contributed by atoms with Crippen molar-refractivity contribution in [2.75, 3.05) is 5.73 Å². The standard InChI is InChI=1S/C13H11F3N2O/c1-8-7-9(17)4-5-11(8)18-6-2-3-10(12(18)19)13(14,15)16/h2-7H,17H2,1H3. The van der Waals surface area contributed by atoms with Gasteiger partial charge in [0.2, 0.25) is 0 Å². The molecule has 0 unspecified atom stereocenters. The quantitative estimate of drug-likeness (QED) is 0.808. The van der Waals surface area contributed by atoms with Gasteiger partial charge in [0.05, 0.1) is 5.69 Å². The zero-order valence-electron chi connectivity index (χ0n) is 10.0. The molecule has 0 saturated heterocycles. The summed E-state index contributed by atoms with van der Waals surface area (Å²) in [6.45, 7) is 1.68. The fourth-order valence-corrected chi connectivity index (χ4v) is 1.85. The first-order chi connectivity index (χ1) is 8.80. The van der Waals surface area contributed by atoms with Crippen molar-refractivity contribution in [2.24, 2.45) is 0 Å². The zero-order valence-corrected chi connectivity index (χ0v) is 10.0. The highest BCUT2D eigenvalue weighted by molar-refractivity contribution is 5.51. The molecule has 0 aliphatic rings. The van der Waals surface area contributed by atoms with E-state index in [1.807, 2.05) is 0 Å². The second kappa shape index (κ2) is 4.46. The van der Waals surface area contributed by atoms with Crippen LogP contribution in [0.1, 0.15) is 11.1 Å². The van der Waals surface area contributed by atoms with Gasteiger partial charge in [0.15, 0.2) is 0 Å². The van der Waals surface area contributed by atoms with Crippen molar-refractivity contribution in [3.63, 3.8) is 0 Å². The van der Waals surface area contributed by atoms with Gasteiger partial charge in [-0.15, -0.1) is 0 Å². The van der Waals surface area contributed by atoms with Gasteiger partial charge in [-0.1, -0.05) is 0 Å². The lowest BCUT2D eigenvalue weighted by atomic mass is 10.1. The van der Waals surface area contributed by atoms with Crippen LogP contribution in [0, 0.1) is 6.92 Å². The zero-order chi connectivity index (χ0) is 14.2. The molecular weight excluding hydrogens is 257 g/mol. The molecule has 3 nitrogen and oxygen atoms in total. The largest absolute Gasteiger partial charge is 0.421 e. The second-order valence-corrected chi connectivity index (χ2v) is 4.14. The summed E-state index contributed by atoms with van der Waals surface area (Å²) >= 11 is 0. The molecule has 0 saturated carbocycles. The molecule has 6 heteroatoms. The van der Waals surface area contributed by atoms with E-state index in [-0.39, 0.29) is 0 Å². The van der Waals surface area contributed by atoms with Crippen LogP contribution < -0.4 is 11.3 Å². The minimum absolute atomic E-state index is 0.380. The number of hydrogen-bond acceptors (Lipinski definition) is 2. The molecule has 100 valence electrons. The Morgan fingerprint density at radius 2 is 1.89 bits per heavy atom. The van der Waals surface area contributed by atoms with Crippen LogP contribution in [-0.4, -0.2) is 4.57 Å². The van der Waals surface area contributed by atoms with Gasteiger partial charge in [0, 0.05) is 11.9 Å². The van der Waals surface area contributed by atoms with Gasteiger partial charge in [0.1, 0.15) is 5.56 Å². The molecule has 0 fully saturated rings. The third kappa shape index (κ3) is 2.47. The molecule has 0 radical (unpaired) electrons. The first-order valence-corrected chi connectivity index (χ1v) is 5.46. The number of aryl methyl sites for hydroxylation is 1. The maximum absolute atomic E-state index is 12.7. The first kappa shape index (κ1) is 13.2. The lowest BCUT2D eigenvalue weighted by molar-refractivity contribution is -0.138. The topological polar surface area (TPSA) is 48.0 Å². The maximum Gasteiger partial charge on any atom is 0.421 e. The lowest BCUT2D eigenvalue weighted by Gasteiger charge is -2.12. The molecule has 0 spiro atoms. The number of aromatic nitrogens is 1. The third-order valence-electron chi connectivity index (χ3n) is 2.73. The fraction of sp³-hybridized carbons (Fsp3) is 0.154. The molecule has 0 aliphatic carbocycles. The molecule has 2 rings (SSSR count). The Morgan fingerprint density at radius 1 is 1.21 bits per heavy atom. The van der Waals surface area contributed by atoms with Crippen LogP contribution in [0.4, 0.5) is 18.9 Å². The van der Waals surface area contributed by atoms with E-state index >= 15 is 0 Å². The summed E-state index contributed by atoms with van der Waals surface area (Å²) in [5, 5.41) is 0. The molecule has 1 aromatic carbocycles. The van der Waals surface area contributed by atoms with Crippen molar-refractivity contribution >= 4 is 5.69 Å². The van der Waals surface area contributed by atoms with Crippen molar-refractivity contribution < 1.29 is 13.2 Å². The van der Waals surface area contributed by atoms with Crippen LogP contribution in [0.15, 0.2) is 41.3 Å². The summed E-state index contributed by atoms with van der Waals surface area (Å²) in [7, 11) is 0. The number of benzene rings is 1. The number of hydrogen-bond donors (Lipinski definition) is 1. The number of anilines is 1. The molecule has 0 aliphatic heterocycles. The molecule has 0 bridgehead atoms. The predicted molar refractivity (Wildman–Crippen MR) is 66.2 cm³/mol. The SMILES string of the molecule is Cc1cc(N)ccc1-n1cccc(C(F)(F)F)c1=O. The van der Waals surface area contributed by atoms with E-state index in [4.69, 9.17) is 5.73 Å². The van der Waals surface area contributed by atoms with Gasteiger partial charge >= 0.3 is 6.18 Å². The van der Waals surface area contributed by atoms with E-state index in [0.29, 0.717) is 16.9 Å². The molecule has 0 atom stereocenters. The summed E-state index contributed by atoms with van der Waals surface area (Å²) in [6, 6.07) is 6.62. The number of halogens is 3. The summed E-state index contributed by atoms with van der Waals surface area (Å²) < 4.78 is 39.0. The lowest BCUT2D eigenvalue weighted by Crippen LogP contribution is -2.27. The van der Waals surface area contributed by atoms with Crippen LogP contribution in [0.25, 0.3) is 5.69 Å². The highest BCUT2D eigenvalue weighted by Gasteiger charge is 2.34. The van der Waals surface area contributed by atoms with Crippen LogP contribution in [-0.2, 0) is 6.18 Å². The minimum Gasteiger partial charge on any atom is -0.399 e. The molecular formula is C13H11F3N2O. The highest BCUT2D eigenvalue weighted by atomic mass is 19.4. The number of nitrogen functional groups attached to an aromatic ring is 1. The van der Waals surface area contributed by atoms with Crippen LogP contribution >= 0.6 is 0 Å². The highest BCUT2D eigenvalue weighted by Crippen LogP contribution is 2.26. The number of alkyl halides is 3. The van der Waals surface area contributed by atoms with E-state index in [1.165, 1.54) is 24.4 Å². The average Bonchev–Trinajstić information content (AvgIpc) is 2.28. The van der Waals surface area contributed by atoms with Crippen LogP contribution in [0.5, 0.6) is 0 Å². The molecule has 19 heavy (non-hydrogen) atoms. The van der Waals surface area contributed by atoms with E-state index in [2.05, 4.69) is 0 Å². The Bertz CT molecular complexity index is 674. The van der Waals surface area contributed by atoms with Crippen molar-refractivity contribution in [1.82, 2.24) is 4.57 Å². The Balaban J connectivity index is 2.68. The van der Waals surface area contributed by atoms with E-state index in [9.17, 15) is 18.0 Å². The van der Waals surface area contributed by atoms with Gasteiger partial charge in [-0.05, 0) is 42.8 Å². The Morgan fingerprint density at radius 3 is 2.47 bits per heavy atom. The Hall–Kier alpha value is -2.24. The monoisotopic (exact) mass is 268 g/mol. The number of rotatable bonds is 1. The van der Waals surface area contributed by atoms with Gasteiger partial charge in [-0.3, -0.25) is 9.36 Å². The second-order valence-electron chi connectivity index (χ2n) is 4.14. The van der Waals surface area contributed by atoms with E-state index in [0.717, 1.165) is 10.6 Å². The first-order valence-electron chi connectivity index (χ1n) is 5.46. The molecule has 1 aromatic heterocycles. The summed E-state index contributed by atoms with van der Waals surface area (Å²) in [4.78, 5) is 11.9. The summed E-state index contributed by atoms with van der Waals surface area (Å²) in [5.41, 5.74) is 4.79. The van der Waals surface area contributed by atoms with E-state index in [1.54, 1.807) is 13.0 Å². The van der Waals surface area contributed by atoms with Gasteiger partial charge < -0.3 is 5.73 Å². The van der Waals surface area contributed by atoms with Crippen molar-refractivity contribution in [3.05, 3.63) is 58.0 Å². The number of nitrogens with zero attached hydrogens (tertiary/aromatic N) is 1. The predicted octanol–water partition coefficient (Wildman–Crippen LogP) is 2.75. The summed E-state index contributed by atoms with van der Waals surface area (Å²) in [6.07, 6.45) is -3.36. The van der Waals surface area contributed by atoms with Crippen molar-refractivity contribution in [1.29, 1.82) is 0 Å². The normalized spacial score (nSPS) is 11.6. The Labute approximate surface area is 107 Å². The Kier molecular flexibility index (Phi) is 3.09. The number of nitrogens with two attached hydrogens (primary N) is 1. The summed E-state index contributed by atoms with van der Waals surface area (Å²) in [5.74, 6) is 0. The molecule has 1 heterocycles. The van der Waals surface area contributed by atoms with Gasteiger partial charge in [-0.2, -0.15) is 13.2 Å². The molecule has 0 amide bonds. The van der Waals surface area contributed by atoms with Crippen LogP contribution in [0.3, 0.4) is 0 Å². The number of pyridine rings is 1. The third-order valence-corrected chi connectivity index (χ3v) is 2.73. The molecule has 2 N–H and O–H groups in total. The van der Waals surface area contributed by atoms with E-state index < -0.39 is 17.3 Å². The van der Waals surface area contributed by atoms with Crippen molar-refractivity contribution in [2.45, 2.75) is 13.1 Å². The maximum atomic E-state index is 12.7. The average molecular weight is 268 g/mol. The van der Waals surface area contributed by atoms with Crippen molar-refractivity contribution in [3.8, 4) is 5.69 Å². The van der Waals surface area contributed by atoms with Gasteiger partial charge in [0.25, 0.3) is 5.56 Å². The fourth-order valence-electron chi connectivity index (χ4n) is 1.85.